The van der Waals surface area contributed by atoms with Crippen LogP contribution in [-0.2, 0) is 9.59 Å². The molecule has 2 atom stereocenters. The van der Waals surface area contributed by atoms with Gasteiger partial charge in [0.15, 0.2) is 0 Å². The Morgan fingerprint density at radius 1 is 1.28 bits per heavy atom. The highest BCUT2D eigenvalue weighted by Gasteiger charge is 2.17. The van der Waals surface area contributed by atoms with E-state index in [1.54, 1.807) is 0 Å². The van der Waals surface area contributed by atoms with Gasteiger partial charge in [0.05, 0.1) is 5.92 Å². The molecule has 1 amide bonds. The van der Waals surface area contributed by atoms with Gasteiger partial charge in [0.25, 0.3) is 0 Å². The molecule has 4 N–H and O–H groups in total. The van der Waals surface area contributed by atoms with Gasteiger partial charge in [-0.05, 0) is 31.7 Å². The summed E-state index contributed by atoms with van der Waals surface area (Å²) in [6.45, 7) is 4.87. The van der Waals surface area contributed by atoms with Gasteiger partial charge in [-0.2, -0.15) is 0 Å². The van der Waals surface area contributed by atoms with Crippen LogP contribution in [0.3, 0.4) is 0 Å². The summed E-state index contributed by atoms with van der Waals surface area (Å²) >= 11 is 0. The minimum Gasteiger partial charge on any atom is -0.481 e. The van der Waals surface area contributed by atoms with Crippen molar-refractivity contribution >= 4 is 11.9 Å². The van der Waals surface area contributed by atoms with Crippen LogP contribution in [0.5, 0.6) is 0 Å². The molecular formula is C13H26N2O3. The van der Waals surface area contributed by atoms with Crippen LogP contribution in [0.25, 0.3) is 0 Å². The zero-order valence-corrected chi connectivity index (χ0v) is 11.4. The molecule has 0 aromatic carbocycles. The molecule has 0 aliphatic rings. The molecule has 0 spiro atoms. The number of carboxylic acid groups (broad SMARTS) is 1. The Labute approximate surface area is 109 Å². The van der Waals surface area contributed by atoms with E-state index in [0.717, 1.165) is 19.3 Å². The molecule has 5 heteroatoms. The van der Waals surface area contributed by atoms with Crippen molar-refractivity contribution in [3.8, 4) is 0 Å². The van der Waals surface area contributed by atoms with E-state index in [9.17, 15) is 9.59 Å². The first kappa shape index (κ1) is 16.9. The SMILES string of the molecule is CCCC(CNC(=O)CCC(C)CCN)C(=O)O. The van der Waals surface area contributed by atoms with Crippen molar-refractivity contribution in [1.82, 2.24) is 5.32 Å². The van der Waals surface area contributed by atoms with E-state index in [1.165, 1.54) is 0 Å². The van der Waals surface area contributed by atoms with Crippen molar-refractivity contribution in [2.24, 2.45) is 17.6 Å². The average Bonchev–Trinajstić information content (AvgIpc) is 2.31. The van der Waals surface area contributed by atoms with Crippen LogP contribution in [-0.4, -0.2) is 30.1 Å². The van der Waals surface area contributed by atoms with Crippen molar-refractivity contribution in [1.29, 1.82) is 0 Å². The van der Waals surface area contributed by atoms with Gasteiger partial charge < -0.3 is 16.2 Å². The van der Waals surface area contributed by atoms with E-state index in [1.807, 2.05) is 6.92 Å². The van der Waals surface area contributed by atoms with Gasteiger partial charge in [0.1, 0.15) is 0 Å². The summed E-state index contributed by atoms with van der Waals surface area (Å²) in [6, 6.07) is 0. The molecule has 0 aliphatic heterocycles. The third kappa shape index (κ3) is 8.06. The number of carboxylic acids is 1. The fourth-order valence-corrected chi connectivity index (χ4v) is 1.79. The van der Waals surface area contributed by atoms with Crippen LogP contribution in [0.15, 0.2) is 0 Å². The number of aliphatic carboxylic acids is 1. The van der Waals surface area contributed by atoms with Crippen molar-refractivity contribution in [3.63, 3.8) is 0 Å². The van der Waals surface area contributed by atoms with Crippen LogP contribution in [0.4, 0.5) is 0 Å². The normalized spacial score (nSPS) is 13.9. The fraction of sp³-hybridized carbons (Fsp3) is 0.846. The molecule has 0 aromatic rings. The predicted molar refractivity (Wildman–Crippen MR) is 71.1 cm³/mol. The van der Waals surface area contributed by atoms with Gasteiger partial charge in [-0.15, -0.1) is 0 Å². The van der Waals surface area contributed by atoms with Crippen LogP contribution in [0.1, 0.15) is 46.0 Å². The molecule has 5 nitrogen and oxygen atoms in total. The second kappa shape index (κ2) is 9.88. The molecule has 0 aliphatic carbocycles. The summed E-state index contributed by atoms with van der Waals surface area (Å²) in [5.74, 6) is -0.943. The largest absolute Gasteiger partial charge is 0.481 e. The second-order valence-corrected chi connectivity index (χ2v) is 4.85. The minimum absolute atomic E-state index is 0.0683. The van der Waals surface area contributed by atoms with E-state index in [4.69, 9.17) is 10.8 Å². The zero-order chi connectivity index (χ0) is 14.0. The van der Waals surface area contributed by atoms with Gasteiger partial charge in [-0.25, -0.2) is 0 Å². The van der Waals surface area contributed by atoms with Crippen molar-refractivity contribution in [3.05, 3.63) is 0 Å². The molecule has 0 heterocycles. The first-order chi connectivity index (χ1) is 8.51. The number of nitrogens with two attached hydrogens (primary N) is 1. The fourth-order valence-electron chi connectivity index (χ4n) is 1.79. The molecule has 0 bridgehead atoms. The Kier molecular flexibility index (Phi) is 9.28. The predicted octanol–water partition coefficient (Wildman–Crippen LogP) is 1.37. The number of amides is 1. The summed E-state index contributed by atoms with van der Waals surface area (Å²) in [6.07, 6.45) is 3.56. The summed E-state index contributed by atoms with van der Waals surface area (Å²) < 4.78 is 0. The van der Waals surface area contributed by atoms with Gasteiger partial charge in [0, 0.05) is 13.0 Å². The lowest BCUT2D eigenvalue weighted by atomic mass is 10.0. The van der Waals surface area contributed by atoms with Crippen LogP contribution < -0.4 is 11.1 Å². The third-order valence-electron chi connectivity index (χ3n) is 3.06. The molecule has 106 valence electrons. The molecular weight excluding hydrogens is 232 g/mol. The summed E-state index contributed by atoms with van der Waals surface area (Å²) in [7, 11) is 0. The minimum atomic E-state index is -0.839. The van der Waals surface area contributed by atoms with Gasteiger partial charge in [-0.1, -0.05) is 20.3 Å². The Hall–Kier alpha value is -1.10. The van der Waals surface area contributed by atoms with Crippen molar-refractivity contribution in [2.75, 3.05) is 13.1 Å². The van der Waals surface area contributed by atoms with Gasteiger partial charge in [-0.3, -0.25) is 9.59 Å². The number of carbonyl (C=O) groups is 2. The summed E-state index contributed by atoms with van der Waals surface area (Å²) in [4.78, 5) is 22.4. The lowest BCUT2D eigenvalue weighted by Crippen LogP contribution is -2.33. The highest BCUT2D eigenvalue weighted by Crippen LogP contribution is 2.09. The molecule has 0 aromatic heterocycles. The van der Waals surface area contributed by atoms with Crippen molar-refractivity contribution < 1.29 is 14.7 Å². The summed E-state index contributed by atoms with van der Waals surface area (Å²) in [5.41, 5.74) is 5.44. The first-order valence-corrected chi connectivity index (χ1v) is 6.70. The Balaban J connectivity index is 3.83. The van der Waals surface area contributed by atoms with Crippen LogP contribution >= 0.6 is 0 Å². The Bertz CT molecular complexity index is 257. The third-order valence-corrected chi connectivity index (χ3v) is 3.06. The van der Waals surface area contributed by atoms with Gasteiger partial charge >= 0.3 is 5.97 Å². The van der Waals surface area contributed by atoms with Gasteiger partial charge in [0.2, 0.25) is 5.91 Å². The average molecular weight is 258 g/mol. The van der Waals surface area contributed by atoms with Crippen LogP contribution in [0, 0.1) is 11.8 Å². The van der Waals surface area contributed by atoms with Crippen molar-refractivity contribution in [2.45, 2.75) is 46.0 Å². The van der Waals surface area contributed by atoms with Crippen LogP contribution in [0.2, 0.25) is 0 Å². The Morgan fingerprint density at radius 2 is 1.94 bits per heavy atom. The highest BCUT2D eigenvalue weighted by atomic mass is 16.4. The molecule has 18 heavy (non-hydrogen) atoms. The quantitative estimate of drug-likeness (QED) is 0.552. The first-order valence-electron chi connectivity index (χ1n) is 6.70. The standard InChI is InChI=1S/C13H26N2O3/c1-3-4-11(13(17)18)9-15-12(16)6-5-10(2)7-8-14/h10-11H,3-9,14H2,1-2H3,(H,15,16)(H,17,18). The maximum atomic E-state index is 11.5. The Morgan fingerprint density at radius 3 is 2.44 bits per heavy atom. The smallest absolute Gasteiger partial charge is 0.308 e. The number of carbonyl (C=O) groups excluding carboxylic acids is 1. The molecule has 2 unspecified atom stereocenters. The van der Waals surface area contributed by atoms with E-state index >= 15 is 0 Å². The number of nitrogens with one attached hydrogen (secondary N) is 1. The maximum Gasteiger partial charge on any atom is 0.308 e. The molecule has 0 saturated carbocycles. The zero-order valence-electron chi connectivity index (χ0n) is 11.4. The molecule has 0 fully saturated rings. The van der Waals surface area contributed by atoms with E-state index in [2.05, 4.69) is 12.2 Å². The monoisotopic (exact) mass is 258 g/mol. The molecule has 0 saturated heterocycles. The van der Waals surface area contributed by atoms with E-state index < -0.39 is 11.9 Å². The number of rotatable bonds is 10. The highest BCUT2D eigenvalue weighted by molar-refractivity contribution is 5.77. The maximum absolute atomic E-state index is 11.5. The lowest BCUT2D eigenvalue weighted by molar-refractivity contribution is -0.141. The number of hydrogen-bond donors (Lipinski definition) is 3. The second-order valence-electron chi connectivity index (χ2n) is 4.85. The lowest BCUT2D eigenvalue weighted by Gasteiger charge is -2.13. The molecule has 0 rings (SSSR count). The van der Waals surface area contributed by atoms with E-state index in [0.29, 0.717) is 25.3 Å². The van der Waals surface area contributed by atoms with E-state index in [-0.39, 0.29) is 12.5 Å². The topological polar surface area (TPSA) is 92.4 Å². The number of hydrogen-bond acceptors (Lipinski definition) is 3. The molecule has 0 radical (unpaired) electrons. The summed E-state index contributed by atoms with van der Waals surface area (Å²) in [5, 5.41) is 11.6.